The molecular weight excluding hydrogens is 234 g/mol. The molecule has 2 rings (SSSR count). The number of hydrogen-bond donors (Lipinski definition) is 3. The van der Waals surface area contributed by atoms with Crippen LogP contribution in [-0.2, 0) is 11.2 Å². The largest absolute Gasteiger partial charge is 0.480 e. The van der Waals surface area contributed by atoms with Crippen LogP contribution < -0.4 is 11.1 Å². The van der Waals surface area contributed by atoms with Gasteiger partial charge in [-0.2, -0.15) is 0 Å². The van der Waals surface area contributed by atoms with E-state index in [1.165, 1.54) is 6.39 Å². The van der Waals surface area contributed by atoms with E-state index in [0.29, 0.717) is 6.54 Å². The maximum atomic E-state index is 10.5. The van der Waals surface area contributed by atoms with E-state index in [4.69, 9.17) is 15.3 Å². The Bertz CT molecular complexity index is 538. The summed E-state index contributed by atoms with van der Waals surface area (Å²) in [7, 11) is 0. The second-order valence-electron chi connectivity index (χ2n) is 4.05. The summed E-state index contributed by atoms with van der Waals surface area (Å²) in [6.45, 7) is 0.931. The quantitative estimate of drug-likeness (QED) is 0.639. The van der Waals surface area contributed by atoms with Gasteiger partial charge in [-0.1, -0.05) is 6.07 Å². The molecule has 0 aliphatic rings. The fraction of sp³-hybridized carbons (Fsp3) is 0.333. The zero-order valence-electron chi connectivity index (χ0n) is 9.80. The average Bonchev–Trinajstić information content (AvgIpc) is 2.81. The van der Waals surface area contributed by atoms with E-state index in [0.717, 1.165) is 23.1 Å². The summed E-state index contributed by atoms with van der Waals surface area (Å²) < 4.78 is 5.21. The SMILES string of the molecule is NC(CNCCc1ccc2ncoc2c1)C(=O)O. The summed E-state index contributed by atoms with van der Waals surface area (Å²) in [6, 6.07) is 4.95. The van der Waals surface area contributed by atoms with Crippen LogP contribution in [0.1, 0.15) is 5.56 Å². The molecule has 6 heteroatoms. The molecule has 1 heterocycles. The van der Waals surface area contributed by atoms with Crippen molar-refractivity contribution in [3.8, 4) is 0 Å². The van der Waals surface area contributed by atoms with Gasteiger partial charge in [-0.05, 0) is 30.7 Å². The number of aliphatic carboxylic acids is 1. The highest BCUT2D eigenvalue weighted by atomic mass is 16.4. The maximum absolute atomic E-state index is 10.5. The zero-order valence-corrected chi connectivity index (χ0v) is 9.80. The molecule has 0 radical (unpaired) electrons. The first-order valence-corrected chi connectivity index (χ1v) is 5.68. The van der Waals surface area contributed by atoms with Gasteiger partial charge in [-0.15, -0.1) is 0 Å². The summed E-state index contributed by atoms with van der Waals surface area (Å²) in [6.07, 6.45) is 2.20. The molecule has 4 N–H and O–H groups in total. The van der Waals surface area contributed by atoms with E-state index in [1.54, 1.807) is 0 Å². The van der Waals surface area contributed by atoms with Crippen LogP contribution in [0.4, 0.5) is 0 Å². The summed E-state index contributed by atoms with van der Waals surface area (Å²) in [5, 5.41) is 11.6. The standard InChI is InChI=1S/C12H15N3O3/c13-9(12(16)17)6-14-4-3-8-1-2-10-11(5-8)18-7-15-10/h1-2,5,7,9,14H,3-4,6,13H2,(H,16,17). The fourth-order valence-electron chi connectivity index (χ4n) is 1.63. The van der Waals surface area contributed by atoms with Gasteiger partial charge in [0, 0.05) is 6.54 Å². The number of oxazole rings is 1. The van der Waals surface area contributed by atoms with Crippen molar-refractivity contribution in [3.63, 3.8) is 0 Å². The minimum atomic E-state index is -0.995. The molecule has 0 saturated carbocycles. The van der Waals surface area contributed by atoms with Crippen molar-refractivity contribution in [2.24, 2.45) is 5.73 Å². The number of aromatic nitrogens is 1. The highest BCUT2D eigenvalue weighted by Gasteiger charge is 2.09. The maximum Gasteiger partial charge on any atom is 0.321 e. The van der Waals surface area contributed by atoms with Crippen molar-refractivity contribution in [2.75, 3.05) is 13.1 Å². The second-order valence-corrected chi connectivity index (χ2v) is 4.05. The van der Waals surface area contributed by atoms with Crippen molar-refractivity contribution in [2.45, 2.75) is 12.5 Å². The Morgan fingerprint density at radius 3 is 3.17 bits per heavy atom. The fourth-order valence-corrected chi connectivity index (χ4v) is 1.63. The van der Waals surface area contributed by atoms with Crippen LogP contribution in [0.15, 0.2) is 29.0 Å². The monoisotopic (exact) mass is 249 g/mol. The summed E-state index contributed by atoms with van der Waals surface area (Å²) >= 11 is 0. The second kappa shape index (κ2) is 5.61. The molecule has 96 valence electrons. The van der Waals surface area contributed by atoms with Crippen LogP contribution in [0, 0.1) is 0 Å². The predicted molar refractivity (Wildman–Crippen MR) is 66.2 cm³/mol. The number of nitrogens with two attached hydrogens (primary N) is 1. The highest BCUT2D eigenvalue weighted by Crippen LogP contribution is 2.14. The van der Waals surface area contributed by atoms with Gasteiger partial charge >= 0.3 is 5.97 Å². The van der Waals surface area contributed by atoms with Gasteiger partial charge < -0.3 is 20.6 Å². The lowest BCUT2D eigenvalue weighted by Crippen LogP contribution is -2.40. The van der Waals surface area contributed by atoms with E-state index in [-0.39, 0.29) is 6.54 Å². The third kappa shape index (κ3) is 3.06. The van der Waals surface area contributed by atoms with Gasteiger partial charge in [0.25, 0.3) is 0 Å². The molecule has 0 spiro atoms. The normalized spacial score (nSPS) is 12.7. The number of nitrogens with zero attached hydrogens (tertiary/aromatic N) is 1. The van der Waals surface area contributed by atoms with Crippen molar-refractivity contribution in [3.05, 3.63) is 30.2 Å². The number of carboxylic acid groups (broad SMARTS) is 1. The summed E-state index contributed by atoms with van der Waals surface area (Å²) in [5.74, 6) is -0.995. The van der Waals surface area contributed by atoms with Crippen molar-refractivity contribution in [1.82, 2.24) is 10.3 Å². The van der Waals surface area contributed by atoms with Gasteiger partial charge in [0.15, 0.2) is 12.0 Å². The minimum absolute atomic E-state index is 0.264. The Kier molecular flexibility index (Phi) is 3.91. The van der Waals surface area contributed by atoms with Crippen LogP contribution in [0.2, 0.25) is 0 Å². The van der Waals surface area contributed by atoms with Gasteiger partial charge in [0.05, 0.1) is 0 Å². The molecular formula is C12H15N3O3. The minimum Gasteiger partial charge on any atom is -0.480 e. The molecule has 0 aliphatic heterocycles. The Labute approximate surface area is 104 Å². The van der Waals surface area contributed by atoms with Crippen LogP contribution in [0.3, 0.4) is 0 Å². The Morgan fingerprint density at radius 2 is 2.39 bits per heavy atom. The van der Waals surface area contributed by atoms with Crippen LogP contribution in [0.5, 0.6) is 0 Å². The topological polar surface area (TPSA) is 101 Å². The molecule has 18 heavy (non-hydrogen) atoms. The number of carboxylic acids is 1. The molecule has 0 bridgehead atoms. The Hall–Kier alpha value is -1.92. The molecule has 1 aromatic heterocycles. The third-order valence-corrected chi connectivity index (χ3v) is 2.67. The third-order valence-electron chi connectivity index (χ3n) is 2.67. The molecule has 6 nitrogen and oxygen atoms in total. The number of rotatable bonds is 6. The number of carbonyl (C=O) groups is 1. The molecule has 0 fully saturated rings. The zero-order chi connectivity index (χ0) is 13.0. The first kappa shape index (κ1) is 12.5. The lowest BCUT2D eigenvalue weighted by atomic mass is 10.1. The first-order valence-electron chi connectivity index (χ1n) is 5.68. The molecule has 1 aromatic carbocycles. The van der Waals surface area contributed by atoms with Crippen molar-refractivity contribution < 1.29 is 14.3 Å². The summed E-state index contributed by atoms with van der Waals surface area (Å²) in [4.78, 5) is 14.5. The van der Waals surface area contributed by atoms with E-state index < -0.39 is 12.0 Å². The highest BCUT2D eigenvalue weighted by molar-refractivity contribution is 5.73. The van der Waals surface area contributed by atoms with Gasteiger partial charge in [0.1, 0.15) is 11.6 Å². The van der Waals surface area contributed by atoms with Crippen molar-refractivity contribution >= 4 is 17.1 Å². The van der Waals surface area contributed by atoms with Gasteiger partial charge in [-0.3, -0.25) is 4.79 Å². The molecule has 0 saturated heterocycles. The predicted octanol–water partition coefficient (Wildman–Crippen LogP) is 0.372. The summed E-state index contributed by atoms with van der Waals surface area (Å²) in [5.41, 5.74) is 8.07. The molecule has 2 aromatic rings. The molecule has 1 unspecified atom stereocenters. The Balaban J connectivity index is 1.81. The lowest BCUT2D eigenvalue weighted by molar-refractivity contribution is -0.138. The molecule has 0 amide bonds. The number of hydrogen-bond acceptors (Lipinski definition) is 5. The molecule has 0 aliphatic carbocycles. The van der Waals surface area contributed by atoms with E-state index in [1.807, 2.05) is 18.2 Å². The van der Waals surface area contributed by atoms with E-state index in [2.05, 4.69) is 10.3 Å². The molecule has 1 atom stereocenters. The van der Waals surface area contributed by atoms with E-state index >= 15 is 0 Å². The number of nitrogens with one attached hydrogen (secondary N) is 1. The first-order chi connectivity index (χ1) is 8.66. The Morgan fingerprint density at radius 1 is 1.56 bits per heavy atom. The van der Waals surface area contributed by atoms with E-state index in [9.17, 15) is 4.79 Å². The van der Waals surface area contributed by atoms with Gasteiger partial charge in [0.2, 0.25) is 0 Å². The number of fused-ring (bicyclic) bond motifs is 1. The lowest BCUT2D eigenvalue weighted by Gasteiger charge is -2.08. The van der Waals surface area contributed by atoms with Crippen LogP contribution in [-0.4, -0.2) is 35.2 Å². The average molecular weight is 249 g/mol. The number of benzene rings is 1. The van der Waals surface area contributed by atoms with Gasteiger partial charge in [-0.25, -0.2) is 4.98 Å². The van der Waals surface area contributed by atoms with Crippen molar-refractivity contribution in [1.29, 1.82) is 0 Å². The van der Waals surface area contributed by atoms with Crippen LogP contribution >= 0.6 is 0 Å². The van der Waals surface area contributed by atoms with Crippen LogP contribution in [0.25, 0.3) is 11.1 Å². The smallest absolute Gasteiger partial charge is 0.321 e.